The van der Waals surface area contributed by atoms with Crippen LogP contribution in [0.25, 0.3) is 11.3 Å². The zero-order chi connectivity index (χ0) is 12.4. The zero-order valence-corrected chi connectivity index (χ0v) is 10.0. The Hall–Kier alpha value is -1.78. The van der Waals surface area contributed by atoms with Crippen molar-refractivity contribution in [3.63, 3.8) is 0 Å². The van der Waals surface area contributed by atoms with Gasteiger partial charge in [-0.3, -0.25) is 0 Å². The predicted molar refractivity (Wildman–Crippen MR) is 68.9 cm³/mol. The van der Waals surface area contributed by atoms with Crippen LogP contribution in [0.15, 0.2) is 36.5 Å². The van der Waals surface area contributed by atoms with E-state index in [0.29, 0.717) is 13.2 Å². The molecule has 1 aromatic heterocycles. The summed E-state index contributed by atoms with van der Waals surface area (Å²) in [5, 5.41) is 8.13. The summed E-state index contributed by atoms with van der Waals surface area (Å²) in [6.07, 6.45) is 2.59. The van der Waals surface area contributed by atoms with Crippen molar-refractivity contribution in [2.45, 2.75) is 12.5 Å². The van der Waals surface area contributed by atoms with Gasteiger partial charge in [-0.1, -0.05) is 18.2 Å². The lowest BCUT2D eigenvalue weighted by Crippen LogP contribution is -2.23. The van der Waals surface area contributed by atoms with Crippen LogP contribution < -0.4 is 5.73 Å². The molecule has 92 valence electrons. The molecule has 2 N–H and O–H groups in total. The molecule has 0 aliphatic carbocycles. The molecule has 1 unspecified atom stereocenters. The number of fused-ring (bicyclic) bond motifs is 1. The number of hydrogen-bond acceptors (Lipinski definition) is 4. The lowest BCUT2D eigenvalue weighted by Gasteiger charge is -2.26. The van der Waals surface area contributed by atoms with Crippen molar-refractivity contribution in [1.82, 2.24) is 10.2 Å². The first kappa shape index (κ1) is 11.3. The number of aromatic nitrogens is 2. The van der Waals surface area contributed by atoms with Gasteiger partial charge >= 0.3 is 0 Å². The highest BCUT2D eigenvalue weighted by Gasteiger charge is 2.22. The van der Waals surface area contributed by atoms with Crippen LogP contribution in [0.1, 0.15) is 17.2 Å². The van der Waals surface area contributed by atoms with E-state index in [9.17, 15) is 0 Å². The number of hydrogen-bond donors (Lipinski definition) is 1. The topological polar surface area (TPSA) is 61.0 Å². The van der Waals surface area contributed by atoms with Gasteiger partial charge in [0.05, 0.1) is 18.4 Å². The molecule has 3 rings (SSSR count). The predicted octanol–water partition coefficient (Wildman–Crippen LogP) is 1.72. The Kier molecular flexibility index (Phi) is 3.04. The summed E-state index contributed by atoms with van der Waals surface area (Å²) in [6, 6.07) is 10.1. The van der Waals surface area contributed by atoms with Crippen molar-refractivity contribution >= 4 is 0 Å². The maximum atomic E-state index is 5.75. The van der Waals surface area contributed by atoms with Gasteiger partial charge in [0.25, 0.3) is 0 Å². The quantitative estimate of drug-likeness (QED) is 0.869. The molecule has 0 bridgehead atoms. The fourth-order valence-electron chi connectivity index (χ4n) is 2.46. The van der Waals surface area contributed by atoms with E-state index in [4.69, 9.17) is 10.5 Å². The third-order valence-electron chi connectivity index (χ3n) is 3.29. The molecule has 4 heteroatoms. The Morgan fingerprint density at radius 3 is 3.00 bits per heavy atom. The number of ether oxygens (including phenoxy) is 1. The van der Waals surface area contributed by atoms with Gasteiger partial charge in [0.2, 0.25) is 0 Å². The molecule has 2 heterocycles. The van der Waals surface area contributed by atoms with E-state index in [1.807, 2.05) is 18.2 Å². The monoisotopic (exact) mass is 241 g/mol. The van der Waals surface area contributed by atoms with E-state index >= 15 is 0 Å². The Bertz CT molecular complexity index is 542. The molecule has 18 heavy (non-hydrogen) atoms. The summed E-state index contributed by atoms with van der Waals surface area (Å²) in [5.41, 5.74) is 10.3. The molecule has 1 aromatic carbocycles. The Morgan fingerprint density at radius 1 is 1.28 bits per heavy atom. The van der Waals surface area contributed by atoms with Gasteiger partial charge in [0, 0.05) is 18.3 Å². The number of rotatable bonds is 2. The lowest BCUT2D eigenvalue weighted by molar-refractivity contribution is 0.0486. The second-order valence-corrected chi connectivity index (χ2v) is 4.33. The molecule has 0 radical (unpaired) electrons. The summed E-state index contributed by atoms with van der Waals surface area (Å²) in [4.78, 5) is 0. The second kappa shape index (κ2) is 4.84. The normalized spacial score (nSPS) is 18.4. The smallest absolute Gasteiger partial charge is 0.0950 e. The third kappa shape index (κ3) is 1.89. The minimum Gasteiger partial charge on any atom is -0.372 e. The molecular weight excluding hydrogens is 226 g/mol. The highest BCUT2D eigenvalue weighted by molar-refractivity contribution is 5.65. The maximum Gasteiger partial charge on any atom is 0.0950 e. The van der Waals surface area contributed by atoms with E-state index in [0.717, 1.165) is 17.7 Å². The molecule has 0 fully saturated rings. The van der Waals surface area contributed by atoms with Crippen LogP contribution >= 0.6 is 0 Å². The summed E-state index contributed by atoms with van der Waals surface area (Å²) in [6.45, 7) is 1.23. The van der Waals surface area contributed by atoms with Crippen LogP contribution in [0.2, 0.25) is 0 Å². The number of benzene rings is 1. The molecule has 0 saturated heterocycles. The van der Waals surface area contributed by atoms with Gasteiger partial charge in [-0.25, -0.2) is 0 Å². The van der Waals surface area contributed by atoms with E-state index in [-0.39, 0.29) is 6.10 Å². The van der Waals surface area contributed by atoms with Gasteiger partial charge in [-0.05, 0) is 29.7 Å². The van der Waals surface area contributed by atoms with Crippen molar-refractivity contribution in [1.29, 1.82) is 0 Å². The first-order valence-electron chi connectivity index (χ1n) is 6.11. The minimum atomic E-state index is 0.00497. The Morgan fingerprint density at radius 2 is 2.22 bits per heavy atom. The average molecular weight is 241 g/mol. The largest absolute Gasteiger partial charge is 0.372 e. The number of nitrogens with two attached hydrogens (primary N) is 1. The van der Waals surface area contributed by atoms with Gasteiger partial charge in [-0.2, -0.15) is 10.2 Å². The SMILES string of the molecule is NCC1OCCc2c(-c3cccnn3)cccc21. The van der Waals surface area contributed by atoms with Crippen molar-refractivity contribution in [3.8, 4) is 11.3 Å². The van der Waals surface area contributed by atoms with Crippen LogP contribution in [0, 0.1) is 0 Å². The van der Waals surface area contributed by atoms with Crippen molar-refractivity contribution in [2.24, 2.45) is 5.73 Å². The molecule has 1 atom stereocenters. The van der Waals surface area contributed by atoms with Crippen molar-refractivity contribution in [2.75, 3.05) is 13.2 Å². The zero-order valence-electron chi connectivity index (χ0n) is 10.0. The van der Waals surface area contributed by atoms with Crippen molar-refractivity contribution < 1.29 is 4.74 Å². The van der Waals surface area contributed by atoms with Crippen LogP contribution in [-0.4, -0.2) is 23.3 Å². The molecule has 0 spiro atoms. The molecule has 0 saturated carbocycles. The lowest BCUT2D eigenvalue weighted by atomic mass is 9.91. The van der Waals surface area contributed by atoms with Crippen LogP contribution in [0.3, 0.4) is 0 Å². The molecule has 1 aliphatic rings. The van der Waals surface area contributed by atoms with Gasteiger partial charge < -0.3 is 10.5 Å². The number of nitrogens with zero attached hydrogens (tertiary/aromatic N) is 2. The fourth-order valence-corrected chi connectivity index (χ4v) is 2.46. The van der Waals surface area contributed by atoms with E-state index in [1.165, 1.54) is 11.1 Å². The van der Waals surface area contributed by atoms with E-state index in [1.54, 1.807) is 6.20 Å². The molecule has 0 amide bonds. The molecule has 2 aromatic rings. The van der Waals surface area contributed by atoms with Gasteiger partial charge in [0.1, 0.15) is 0 Å². The van der Waals surface area contributed by atoms with Crippen LogP contribution in [0.5, 0.6) is 0 Å². The minimum absolute atomic E-state index is 0.00497. The highest BCUT2D eigenvalue weighted by atomic mass is 16.5. The van der Waals surface area contributed by atoms with Crippen LogP contribution in [0.4, 0.5) is 0 Å². The Balaban J connectivity index is 2.12. The first-order chi connectivity index (χ1) is 8.90. The summed E-state index contributed by atoms with van der Waals surface area (Å²) >= 11 is 0. The average Bonchev–Trinajstić information content (AvgIpc) is 2.47. The van der Waals surface area contributed by atoms with E-state index < -0.39 is 0 Å². The second-order valence-electron chi connectivity index (χ2n) is 4.33. The first-order valence-corrected chi connectivity index (χ1v) is 6.11. The highest BCUT2D eigenvalue weighted by Crippen LogP contribution is 2.32. The fraction of sp³-hybridized carbons (Fsp3) is 0.286. The van der Waals surface area contributed by atoms with Gasteiger partial charge in [0.15, 0.2) is 0 Å². The summed E-state index contributed by atoms with van der Waals surface area (Å²) < 4.78 is 5.68. The van der Waals surface area contributed by atoms with Crippen LogP contribution in [-0.2, 0) is 11.2 Å². The van der Waals surface area contributed by atoms with Gasteiger partial charge in [-0.15, -0.1) is 0 Å². The third-order valence-corrected chi connectivity index (χ3v) is 3.29. The van der Waals surface area contributed by atoms with Crippen molar-refractivity contribution in [3.05, 3.63) is 47.7 Å². The molecule has 4 nitrogen and oxygen atoms in total. The summed E-state index contributed by atoms with van der Waals surface area (Å²) in [7, 11) is 0. The van der Waals surface area contributed by atoms with E-state index in [2.05, 4.69) is 22.3 Å². The summed E-state index contributed by atoms with van der Waals surface area (Å²) in [5.74, 6) is 0. The standard InChI is InChI=1S/C14H15N3O/c15-9-14-12-4-1-3-11(10(12)6-8-18-14)13-5-2-7-16-17-13/h1-5,7,14H,6,8-9,15H2. The molecule has 1 aliphatic heterocycles. The Labute approximate surface area is 106 Å². The molecular formula is C14H15N3O. The maximum absolute atomic E-state index is 5.75.